The lowest BCUT2D eigenvalue weighted by molar-refractivity contribution is 0.875. The Hall–Kier alpha value is -1.91. The highest BCUT2D eigenvalue weighted by Crippen LogP contribution is 2.11. The fourth-order valence-electron chi connectivity index (χ4n) is 0.921. The molecule has 0 atom stereocenters. The van der Waals surface area contributed by atoms with Crippen LogP contribution in [0.4, 0.5) is 5.69 Å². The maximum absolute atomic E-state index is 5.68. The van der Waals surface area contributed by atoms with Gasteiger partial charge >= 0.3 is 0 Å². The molecule has 5 heteroatoms. The van der Waals surface area contributed by atoms with Crippen molar-refractivity contribution in [2.75, 3.05) is 5.73 Å². The summed E-state index contributed by atoms with van der Waals surface area (Å²) >= 11 is 0. The minimum Gasteiger partial charge on any atom is -0.397 e. The molecule has 0 saturated carbocycles. The van der Waals surface area contributed by atoms with Gasteiger partial charge in [0.2, 0.25) is 0 Å². The molecular weight excluding hydrogens is 154 g/mol. The van der Waals surface area contributed by atoms with E-state index in [4.69, 9.17) is 5.73 Å². The number of rotatable bonds is 1. The van der Waals surface area contributed by atoms with Crippen LogP contribution >= 0.6 is 0 Å². The fourth-order valence-corrected chi connectivity index (χ4v) is 0.921. The topological polar surface area (TPSA) is 69.6 Å². The Morgan fingerprint density at radius 2 is 2.25 bits per heavy atom. The highest BCUT2D eigenvalue weighted by atomic mass is 15.3. The van der Waals surface area contributed by atoms with Gasteiger partial charge in [-0.1, -0.05) is 0 Å². The van der Waals surface area contributed by atoms with E-state index in [2.05, 4.69) is 15.1 Å². The first-order valence-corrected chi connectivity index (χ1v) is 3.42. The Bertz CT molecular complexity index is 367. The molecule has 2 aromatic heterocycles. The monoisotopic (exact) mass is 161 g/mol. The summed E-state index contributed by atoms with van der Waals surface area (Å²) in [6.45, 7) is 0. The lowest BCUT2D eigenvalue weighted by atomic mass is 10.3. The first-order valence-electron chi connectivity index (χ1n) is 3.42. The number of hydrogen-bond donors (Lipinski definition) is 1. The molecule has 0 aliphatic carbocycles. The molecule has 5 nitrogen and oxygen atoms in total. The third kappa shape index (κ3) is 1.01. The number of nitrogens with two attached hydrogens (primary N) is 1. The first kappa shape index (κ1) is 6.78. The molecule has 0 bridgehead atoms. The zero-order chi connectivity index (χ0) is 8.39. The number of nitrogens with zero attached hydrogens (tertiary/aromatic N) is 4. The lowest BCUT2D eigenvalue weighted by Crippen LogP contribution is -2.00. The van der Waals surface area contributed by atoms with Crippen LogP contribution in [-0.4, -0.2) is 19.7 Å². The van der Waals surface area contributed by atoms with E-state index in [0.717, 1.165) is 5.69 Å². The van der Waals surface area contributed by atoms with Crippen molar-refractivity contribution < 1.29 is 0 Å². The molecule has 2 N–H and O–H groups in total. The average molecular weight is 161 g/mol. The Kier molecular flexibility index (Phi) is 1.48. The van der Waals surface area contributed by atoms with Crippen LogP contribution in [0.5, 0.6) is 0 Å². The molecule has 0 aromatic carbocycles. The van der Waals surface area contributed by atoms with Crippen LogP contribution in [0.1, 0.15) is 0 Å². The van der Waals surface area contributed by atoms with Gasteiger partial charge in [0.1, 0.15) is 18.3 Å². The minimum absolute atomic E-state index is 0.635. The van der Waals surface area contributed by atoms with Crippen LogP contribution in [0.25, 0.3) is 5.69 Å². The fraction of sp³-hybridized carbons (Fsp3) is 0. The van der Waals surface area contributed by atoms with Crippen molar-refractivity contribution in [2.24, 2.45) is 0 Å². The summed E-state index contributed by atoms with van der Waals surface area (Å²) in [5.41, 5.74) is 7.06. The quantitative estimate of drug-likeness (QED) is 0.650. The lowest BCUT2D eigenvalue weighted by Gasteiger charge is -2.01. The van der Waals surface area contributed by atoms with Crippen LogP contribution in [0, 0.1) is 0 Å². The van der Waals surface area contributed by atoms with Gasteiger partial charge in [-0.2, -0.15) is 5.10 Å². The second kappa shape index (κ2) is 2.61. The minimum atomic E-state index is 0.635. The molecule has 60 valence electrons. The van der Waals surface area contributed by atoms with Crippen LogP contribution in [0.3, 0.4) is 0 Å². The number of anilines is 1. The maximum atomic E-state index is 5.68. The van der Waals surface area contributed by atoms with Gasteiger partial charge in [0, 0.05) is 6.20 Å². The zero-order valence-electron chi connectivity index (χ0n) is 6.25. The number of pyridine rings is 1. The molecule has 0 saturated heterocycles. The Morgan fingerprint density at radius 3 is 2.92 bits per heavy atom. The van der Waals surface area contributed by atoms with Gasteiger partial charge in [-0.05, 0) is 6.07 Å². The molecule has 2 heterocycles. The summed E-state index contributed by atoms with van der Waals surface area (Å²) in [5.74, 6) is 0. The van der Waals surface area contributed by atoms with Crippen LogP contribution in [0.2, 0.25) is 0 Å². The highest BCUT2D eigenvalue weighted by Gasteiger charge is 1.99. The predicted octanol–water partition coefficient (Wildman–Crippen LogP) is 0.244. The average Bonchev–Trinajstić information content (AvgIpc) is 2.57. The summed E-state index contributed by atoms with van der Waals surface area (Å²) in [4.78, 5) is 7.74. The molecule has 0 aliphatic rings. The maximum Gasteiger partial charge on any atom is 0.138 e. The standard InChI is InChI=1S/C7H7N5/c8-6-1-2-9-3-7(6)12-5-10-4-11-12/h1-5H,(H2,8,9). The SMILES string of the molecule is Nc1ccncc1-n1cncn1. The van der Waals surface area contributed by atoms with E-state index in [0.29, 0.717) is 5.69 Å². The first-order chi connectivity index (χ1) is 5.88. The molecule has 12 heavy (non-hydrogen) atoms. The van der Waals surface area contributed by atoms with Gasteiger partial charge in [0.05, 0.1) is 11.9 Å². The number of hydrogen-bond acceptors (Lipinski definition) is 4. The van der Waals surface area contributed by atoms with Crippen molar-refractivity contribution in [2.45, 2.75) is 0 Å². The summed E-state index contributed by atoms with van der Waals surface area (Å²) in [6, 6.07) is 1.72. The zero-order valence-corrected chi connectivity index (χ0v) is 6.25. The third-order valence-electron chi connectivity index (χ3n) is 1.50. The highest BCUT2D eigenvalue weighted by molar-refractivity contribution is 5.54. The molecule has 0 aliphatic heterocycles. The molecule has 0 radical (unpaired) electrons. The van der Waals surface area contributed by atoms with Gasteiger partial charge < -0.3 is 5.73 Å². The van der Waals surface area contributed by atoms with E-state index >= 15 is 0 Å². The van der Waals surface area contributed by atoms with Gasteiger partial charge in [-0.3, -0.25) is 4.98 Å². The third-order valence-corrected chi connectivity index (χ3v) is 1.50. The largest absolute Gasteiger partial charge is 0.397 e. The van der Waals surface area contributed by atoms with Crippen molar-refractivity contribution in [3.05, 3.63) is 31.1 Å². The second-order valence-corrected chi connectivity index (χ2v) is 2.27. The Morgan fingerprint density at radius 1 is 1.33 bits per heavy atom. The van der Waals surface area contributed by atoms with Crippen molar-refractivity contribution in [1.29, 1.82) is 0 Å². The van der Waals surface area contributed by atoms with E-state index in [9.17, 15) is 0 Å². The van der Waals surface area contributed by atoms with Crippen molar-refractivity contribution in [3.8, 4) is 5.69 Å². The molecular formula is C7H7N5. The van der Waals surface area contributed by atoms with Crippen molar-refractivity contribution >= 4 is 5.69 Å². The molecule has 0 spiro atoms. The van der Waals surface area contributed by atoms with Gasteiger partial charge in [0.15, 0.2) is 0 Å². The molecule has 0 fully saturated rings. The molecule has 2 aromatic rings. The normalized spacial score (nSPS) is 10.0. The predicted molar refractivity (Wildman–Crippen MR) is 43.6 cm³/mol. The molecule has 0 amide bonds. The van der Waals surface area contributed by atoms with Crippen LogP contribution < -0.4 is 5.73 Å². The van der Waals surface area contributed by atoms with Gasteiger partial charge in [-0.25, -0.2) is 9.67 Å². The van der Waals surface area contributed by atoms with E-state index in [1.54, 1.807) is 29.5 Å². The van der Waals surface area contributed by atoms with E-state index in [1.165, 1.54) is 6.33 Å². The summed E-state index contributed by atoms with van der Waals surface area (Å²) < 4.78 is 1.57. The smallest absolute Gasteiger partial charge is 0.138 e. The van der Waals surface area contributed by atoms with E-state index in [-0.39, 0.29) is 0 Å². The van der Waals surface area contributed by atoms with Crippen molar-refractivity contribution in [1.82, 2.24) is 19.7 Å². The second-order valence-electron chi connectivity index (χ2n) is 2.27. The summed E-state index contributed by atoms with van der Waals surface area (Å²) in [5, 5.41) is 3.93. The van der Waals surface area contributed by atoms with E-state index < -0.39 is 0 Å². The number of aromatic nitrogens is 4. The van der Waals surface area contributed by atoms with Crippen LogP contribution in [-0.2, 0) is 0 Å². The molecule has 2 rings (SSSR count). The Balaban J connectivity index is 2.55. The van der Waals surface area contributed by atoms with Crippen LogP contribution in [0.15, 0.2) is 31.1 Å². The Labute approximate surface area is 68.9 Å². The number of nitrogen functional groups attached to an aromatic ring is 1. The van der Waals surface area contributed by atoms with Crippen molar-refractivity contribution in [3.63, 3.8) is 0 Å². The molecule has 0 unspecified atom stereocenters. The van der Waals surface area contributed by atoms with Gasteiger partial charge in [-0.15, -0.1) is 0 Å². The van der Waals surface area contributed by atoms with E-state index in [1.807, 2.05) is 0 Å². The summed E-state index contributed by atoms with van der Waals surface area (Å²) in [7, 11) is 0. The van der Waals surface area contributed by atoms with Gasteiger partial charge in [0.25, 0.3) is 0 Å². The summed E-state index contributed by atoms with van der Waals surface area (Å²) in [6.07, 6.45) is 6.31.